The van der Waals surface area contributed by atoms with E-state index in [1.54, 1.807) is 14.0 Å². The zero-order valence-corrected chi connectivity index (χ0v) is 10.2. The third-order valence-corrected chi connectivity index (χ3v) is 2.41. The number of aryl methyl sites for hydroxylation is 1. The van der Waals surface area contributed by atoms with E-state index >= 15 is 0 Å². The molecule has 1 amide bonds. The molecule has 1 aromatic carbocycles. The van der Waals surface area contributed by atoms with E-state index in [4.69, 9.17) is 4.74 Å². The first-order valence-corrected chi connectivity index (χ1v) is 5.49. The molecule has 1 aromatic heterocycles. The molecule has 0 aliphatic carbocycles. The topological polar surface area (TPSA) is 79.9 Å². The summed E-state index contributed by atoms with van der Waals surface area (Å²) in [7, 11) is 1.61. The van der Waals surface area contributed by atoms with E-state index in [1.165, 1.54) is 0 Å². The van der Waals surface area contributed by atoms with Gasteiger partial charge in [0.25, 0.3) is 5.91 Å². The molecule has 0 spiro atoms. The van der Waals surface area contributed by atoms with Gasteiger partial charge in [-0.15, -0.1) is 5.10 Å². The number of amides is 1. The van der Waals surface area contributed by atoms with Gasteiger partial charge in [0, 0.05) is 6.54 Å². The molecule has 1 heterocycles. The van der Waals surface area contributed by atoms with Gasteiger partial charge in [-0.05, 0) is 24.6 Å². The Labute approximate surface area is 104 Å². The summed E-state index contributed by atoms with van der Waals surface area (Å²) in [6, 6.07) is 7.47. The summed E-state index contributed by atoms with van der Waals surface area (Å²) in [5.41, 5.74) is 0.983. The summed E-state index contributed by atoms with van der Waals surface area (Å²) >= 11 is 0. The summed E-state index contributed by atoms with van der Waals surface area (Å²) in [5, 5.41) is 9.15. The molecule has 0 aliphatic heterocycles. The molecule has 0 unspecified atom stereocenters. The van der Waals surface area contributed by atoms with E-state index in [-0.39, 0.29) is 11.7 Å². The Kier molecular flexibility index (Phi) is 3.57. The van der Waals surface area contributed by atoms with Crippen LogP contribution in [0.5, 0.6) is 5.75 Å². The van der Waals surface area contributed by atoms with Crippen molar-refractivity contribution in [2.75, 3.05) is 7.11 Å². The number of H-pyrrole nitrogens is 1. The molecule has 0 saturated heterocycles. The fraction of sp³-hybridized carbons (Fsp3) is 0.250. The Morgan fingerprint density at radius 3 is 2.67 bits per heavy atom. The molecule has 6 nitrogen and oxygen atoms in total. The number of nitrogens with one attached hydrogen (secondary N) is 2. The summed E-state index contributed by atoms with van der Waals surface area (Å²) in [6.45, 7) is 2.17. The van der Waals surface area contributed by atoms with Crippen LogP contribution in [0.1, 0.15) is 22.0 Å². The molecule has 0 fully saturated rings. The van der Waals surface area contributed by atoms with Crippen LogP contribution in [0.25, 0.3) is 0 Å². The van der Waals surface area contributed by atoms with Gasteiger partial charge in [0.1, 0.15) is 11.6 Å². The van der Waals surface area contributed by atoms with Crippen LogP contribution in [0.3, 0.4) is 0 Å². The maximum atomic E-state index is 11.7. The quantitative estimate of drug-likeness (QED) is 0.845. The van der Waals surface area contributed by atoms with Crippen molar-refractivity contribution in [1.82, 2.24) is 20.5 Å². The van der Waals surface area contributed by atoms with Gasteiger partial charge in [0.05, 0.1) is 7.11 Å². The summed E-state index contributed by atoms with van der Waals surface area (Å²) in [4.78, 5) is 15.6. The number of hydrogen-bond acceptors (Lipinski definition) is 4. The molecule has 2 N–H and O–H groups in total. The molecule has 18 heavy (non-hydrogen) atoms. The lowest BCUT2D eigenvalue weighted by molar-refractivity contribution is 0.0941. The van der Waals surface area contributed by atoms with Crippen molar-refractivity contribution in [3.05, 3.63) is 41.5 Å². The SMILES string of the molecule is COc1ccc(CNC(=O)c2n[nH]c(C)n2)cc1. The average Bonchev–Trinajstić information content (AvgIpc) is 2.83. The van der Waals surface area contributed by atoms with Gasteiger partial charge < -0.3 is 10.1 Å². The molecule has 0 aliphatic rings. The molecule has 2 rings (SSSR count). The van der Waals surface area contributed by atoms with Gasteiger partial charge in [-0.2, -0.15) is 0 Å². The van der Waals surface area contributed by atoms with Crippen molar-refractivity contribution in [2.24, 2.45) is 0 Å². The second-order valence-electron chi connectivity index (χ2n) is 3.78. The third kappa shape index (κ3) is 2.85. The van der Waals surface area contributed by atoms with Crippen molar-refractivity contribution in [2.45, 2.75) is 13.5 Å². The fourth-order valence-corrected chi connectivity index (χ4v) is 1.45. The molecule has 0 radical (unpaired) electrons. The highest BCUT2D eigenvalue weighted by Gasteiger charge is 2.10. The van der Waals surface area contributed by atoms with Crippen LogP contribution in [0, 0.1) is 6.92 Å². The van der Waals surface area contributed by atoms with Crippen molar-refractivity contribution in [1.29, 1.82) is 0 Å². The van der Waals surface area contributed by atoms with E-state index in [0.29, 0.717) is 12.4 Å². The summed E-state index contributed by atoms with van der Waals surface area (Å²) < 4.78 is 5.06. The van der Waals surface area contributed by atoms with Crippen molar-refractivity contribution >= 4 is 5.91 Å². The van der Waals surface area contributed by atoms with Crippen molar-refractivity contribution in [3.63, 3.8) is 0 Å². The molecule has 0 bridgehead atoms. The van der Waals surface area contributed by atoms with Crippen LogP contribution in [0.4, 0.5) is 0 Å². The van der Waals surface area contributed by atoms with Crippen molar-refractivity contribution < 1.29 is 9.53 Å². The predicted octanol–water partition coefficient (Wildman–Crippen LogP) is 1.05. The summed E-state index contributed by atoms with van der Waals surface area (Å²) in [6.07, 6.45) is 0. The first-order chi connectivity index (χ1) is 8.69. The number of hydrogen-bond donors (Lipinski definition) is 2. The minimum absolute atomic E-state index is 0.154. The number of carbonyl (C=O) groups excluding carboxylic acids is 1. The minimum atomic E-state index is -0.296. The maximum absolute atomic E-state index is 11.7. The minimum Gasteiger partial charge on any atom is -0.497 e. The van der Waals surface area contributed by atoms with E-state index in [9.17, 15) is 4.79 Å². The first kappa shape index (κ1) is 12.1. The van der Waals surface area contributed by atoms with E-state index in [0.717, 1.165) is 11.3 Å². The number of aromatic amines is 1. The molecule has 6 heteroatoms. The molecule has 94 valence electrons. The van der Waals surface area contributed by atoms with Crippen LogP contribution in [-0.2, 0) is 6.54 Å². The van der Waals surface area contributed by atoms with Crippen molar-refractivity contribution in [3.8, 4) is 5.75 Å². The smallest absolute Gasteiger partial charge is 0.291 e. The van der Waals surface area contributed by atoms with E-state index in [2.05, 4.69) is 20.5 Å². The molecule has 0 atom stereocenters. The van der Waals surface area contributed by atoms with Crippen LogP contribution in [-0.4, -0.2) is 28.2 Å². The van der Waals surface area contributed by atoms with Crippen LogP contribution < -0.4 is 10.1 Å². The maximum Gasteiger partial charge on any atom is 0.291 e. The second kappa shape index (κ2) is 5.31. The Bertz CT molecular complexity index is 533. The molecule has 2 aromatic rings. The largest absolute Gasteiger partial charge is 0.497 e. The van der Waals surface area contributed by atoms with Gasteiger partial charge in [0.2, 0.25) is 5.82 Å². The highest BCUT2D eigenvalue weighted by atomic mass is 16.5. The number of nitrogens with zero attached hydrogens (tertiary/aromatic N) is 2. The molecular formula is C12H14N4O2. The Balaban J connectivity index is 1.92. The molecular weight excluding hydrogens is 232 g/mol. The Hall–Kier alpha value is -2.37. The average molecular weight is 246 g/mol. The van der Waals surface area contributed by atoms with Gasteiger partial charge in [-0.3, -0.25) is 9.89 Å². The number of ether oxygens (including phenoxy) is 1. The lowest BCUT2D eigenvalue weighted by Crippen LogP contribution is -2.24. The lowest BCUT2D eigenvalue weighted by Gasteiger charge is -2.04. The first-order valence-electron chi connectivity index (χ1n) is 5.49. The Morgan fingerprint density at radius 1 is 1.39 bits per heavy atom. The van der Waals surface area contributed by atoms with Gasteiger partial charge in [-0.1, -0.05) is 12.1 Å². The van der Waals surface area contributed by atoms with Gasteiger partial charge in [-0.25, -0.2) is 4.98 Å². The van der Waals surface area contributed by atoms with Gasteiger partial charge >= 0.3 is 0 Å². The van der Waals surface area contributed by atoms with Crippen LogP contribution >= 0.6 is 0 Å². The standard InChI is InChI=1S/C12H14N4O2/c1-8-14-11(16-15-8)12(17)13-7-9-3-5-10(18-2)6-4-9/h3-6H,7H2,1-2H3,(H,13,17)(H,14,15,16). The highest BCUT2D eigenvalue weighted by molar-refractivity contribution is 5.90. The number of carbonyl (C=O) groups is 1. The zero-order valence-electron chi connectivity index (χ0n) is 10.2. The van der Waals surface area contributed by atoms with Gasteiger partial charge in [0.15, 0.2) is 0 Å². The second-order valence-corrected chi connectivity index (χ2v) is 3.78. The monoisotopic (exact) mass is 246 g/mol. The fourth-order valence-electron chi connectivity index (χ4n) is 1.45. The van der Waals surface area contributed by atoms with E-state index in [1.807, 2.05) is 24.3 Å². The number of methoxy groups -OCH3 is 1. The van der Waals surface area contributed by atoms with Crippen LogP contribution in [0.2, 0.25) is 0 Å². The predicted molar refractivity (Wildman–Crippen MR) is 65.3 cm³/mol. The summed E-state index contributed by atoms with van der Waals surface area (Å²) in [5.74, 6) is 1.26. The zero-order chi connectivity index (χ0) is 13.0. The van der Waals surface area contributed by atoms with Crippen LogP contribution in [0.15, 0.2) is 24.3 Å². The number of aromatic nitrogens is 3. The number of benzene rings is 1. The Morgan fingerprint density at radius 2 is 2.11 bits per heavy atom. The highest BCUT2D eigenvalue weighted by Crippen LogP contribution is 2.10. The lowest BCUT2D eigenvalue weighted by atomic mass is 10.2. The third-order valence-electron chi connectivity index (χ3n) is 2.41. The number of rotatable bonds is 4. The normalized spacial score (nSPS) is 10.1. The molecule has 0 saturated carbocycles. The van der Waals surface area contributed by atoms with E-state index < -0.39 is 0 Å².